The topological polar surface area (TPSA) is 9.23 Å². The van der Waals surface area contributed by atoms with Gasteiger partial charge >= 0.3 is 0 Å². The maximum atomic E-state index is 6.05. The van der Waals surface area contributed by atoms with E-state index >= 15 is 0 Å². The van der Waals surface area contributed by atoms with Crippen LogP contribution in [-0.4, -0.2) is 14.9 Å². The van der Waals surface area contributed by atoms with Gasteiger partial charge in [-0.2, -0.15) is 0 Å². The van der Waals surface area contributed by atoms with E-state index in [0.717, 1.165) is 18.6 Å². The Morgan fingerprint density at radius 2 is 1.93 bits per heavy atom. The molecule has 0 rings (SSSR count). The lowest BCUT2D eigenvalue weighted by atomic mass is 10.2. The van der Waals surface area contributed by atoms with Crippen molar-refractivity contribution in [2.75, 3.05) is 6.61 Å². The van der Waals surface area contributed by atoms with E-state index in [1.54, 1.807) is 0 Å². The number of rotatable bonds is 5. The number of allylic oxidation sites excluding steroid dienone is 1. The highest BCUT2D eigenvalue weighted by molar-refractivity contribution is 7.20. The zero-order valence-electron chi connectivity index (χ0n) is 10.8. The van der Waals surface area contributed by atoms with Gasteiger partial charge in [0.2, 0.25) is 0 Å². The van der Waals surface area contributed by atoms with Crippen molar-refractivity contribution in [3.8, 4) is 0 Å². The van der Waals surface area contributed by atoms with Gasteiger partial charge in [-0.25, -0.2) is 0 Å². The molecule has 0 aromatic carbocycles. The molecule has 0 bridgehead atoms. The molecule has 0 aliphatic heterocycles. The van der Waals surface area contributed by atoms with Crippen LogP contribution in [0, 0.1) is 0 Å². The Hall–Kier alpha value is 0.0869. The normalized spacial score (nSPS) is 13.5. The molecule has 0 N–H and O–H groups in total. The Kier molecular flexibility index (Phi) is 6.01. The molecule has 0 saturated carbocycles. The minimum absolute atomic E-state index is 0.296. The zero-order chi connectivity index (χ0) is 12.1. The van der Waals surface area contributed by atoms with Crippen LogP contribution in [0.15, 0.2) is 24.0 Å². The van der Waals surface area contributed by atoms with Gasteiger partial charge < -0.3 is 4.43 Å². The third-order valence-corrected chi connectivity index (χ3v) is 7.75. The van der Waals surface area contributed by atoms with Crippen molar-refractivity contribution in [2.45, 2.75) is 45.3 Å². The quantitative estimate of drug-likeness (QED) is 0.397. The summed E-state index contributed by atoms with van der Waals surface area (Å²) in [5.74, 6) is 1.94. The first-order valence-corrected chi connectivity index (χ1v) is 8.98. The van der Waals surface area contributed by atoms with Crippen molar-refractivity contribution < 1.29 is 4.43 Å². The van der Waals surface area contributed by atoms with Crippen molar-refractivity contribution in [1.29, 1.82) is 0 Å². The predicted octanol–water partition coefficient (Wildman–Crippen LogP) is 4.34. The highest BCUT2D eigenvalue weighted by atomic mass is 31.0. The van der Waals surface area contributed by atoms with E-state index in [9.17, 15) is 0 Å². The number of hydrogen-bond acceptors (Lipinski definition) is 1. The second-order valence-electron chi connectivity index (χ2n) is 5.38. The monoisotopic (exact) mass is 244 g/mol. The molecule has 0 saturated heterocycles. The minimum atomic E-state index is -1.57. The fraction of sp³-hybridized carbons (Fsp3) is 0.667. The van der Waals surface area contributed by atoms with Gasteiger partial charge in [0.05, 0.1) is 0 Å². The van der Waals surface area contributed by atoms with E-state index in [1.807, 2.05) is 11.9 Å². The highest BCUT2D eigenvalue weighted by Crippen LogP contribution is 2.36. The summed E-state index contributed by atoms with van der Waals surface area (Å²) in [5.41, 5.74) is 1.13. The second kappa shape index (κ2) is 5.98. The molecular weight excluding hydrogens is 219 g/mol. The van der Waals surface area contributed by atoms with Crippen LogP contribution >= 0.6 is 9.24 Å². The minimum Gasteiger partial charge on any atom is -0.416 e. The van der Waals surface area contributed by atoms with Crippen LogP contribution in [-0.2, 0) is 4.43 Å². The third kappa shape index (κ3) is 5.65. The van der Waals surface area contributed by atoms with E-state index in [1.165, 1.54) is 0 Å². The molecule has 0 aliphatic carbocycles. The molecule has 0 heterocycles. The summed E-state index contributed by atoms with van der Waals surface area (Å²) in [5, 5.41) is 0.296. The van der Waals surface area contributed by atoms with Gasteiger partial charge in [-0.05, 0) is 24.6 Å². The van der Waals surface area contributed by atoms with Gasteiger partial charge in [0.15, 0.2) is 8.32 Å². The van der Waals surface area contributed by atoms with E-state index < -0.39 is 8.32 Å². The summed E-state index contributed by atoms with van der Waals surface area (Å²) in [7, 11) is 0.993. The highest BCUT2D eigenvalue weighted by Gasteiger charge is 2.36. The van der Waals surface area contributed by atoms with Crippen LogP contribution in [0.5, 0.6) is 0 Å². The Balaban J connectivity index is 4.01. The molecule has 0 aliphatic rings. The van der Waals surface area contributed by atoms with Gasteiger partial charge in [0.25, 0.3) is 0 Å². The Labute approximate surface area is 98.3 Å². The first kappa shape index (κ1) is 15.1. The predicted molar refractivity (Wildman–Crippen MR) is 75.8 cm³/mol. The average molecular weight is 244 g/mol. The van der Waals surface area contributed by atoms with Gasteiger partial charge in [0.1, 0.15) is 0 Å². The largest absolute Gasteiger partial charge is 0.416 e. The smallest absolute Gasteiger partial charge is 0.191 e. The summed E-state index contributed by atoms with van der Waals surface area (Å²) in [6.45, 7) is 16.1. The van der Waals surface area contributed by atoms with Crippen LogP contribution in [0.1, 0.15) is 27.2 Å². The van der Waals surface area contributed by atoms with E-state index in [0.29, 0.717) is 5.04 Å². The molecule has 1 unspecified atom stereocenters. The first-order chi connectivity index (χ1) is 6.70. The molecular formula is C12H25OPSi. The lowest BCUT2D eigenvalue weighted by molar-refractivity contribution is 0.292. The Bertz CT molecular complexity index is 238. The summed E-state index contributed by atoms with van der Waals surface area (Å²) >= 11 is 0. The fourth-order valence-electron chi connectivity index (χ4n) is 0.873. The Morgan fingerprint density at radius 1 is 1.40 bits per heavy atom. The molecule has 3 heteroatoms. The van der Waals surface area contributed by atoms with E-state index in [4.69, 9.17) is 4.43 Å². The van der Waals surface area contributed by atoms with Crippen LogP contribution in [0.3, 0.4) is 0 Å². The van der Waals surface area contributed by atoms with Crippen molar-refractivity contribution in [3.05, 3.63) is 24.0 Å². The summed E-state index contributed by atoms with van der Waals surface area (Å²) < 4.78 is 6.05. The maximum Gasteiger partial charge on any atom is 0.191 e. The standard InChI is InChI=1S/C12H25OPSi/c1-11(8-10-14)7-9-13-15(5,6)12(2,3)4/h8,10H,1,7,9,14H2,2-6H3/b10-8+. The maximum absolute atomic E-state index is 6.05. The van der Waals surface area contributed by atoms with E-state index in [2.05, 4.69) is 49.7 Å². The lowest BCUT2D eigenvalue weighted by Crippen LogP contribution is -2.40. The molecule has 0 fully saturated rings. The van der Waals surface area contributed by atoms with Gasteiger partial charge in [0, 0.05) is 6.61 Å². The summed E-state index contributed by atoms with van der Waals surface area (Å²) in [6.07, 6.45) is 2.94. The molecule has 1 atom stereocenters. The van der Waals surface area contributed by atoms with Crippen LogP contribution in [0.4, 0.5) is 0 Å². The van der Waals surface area contributed by atoms with Gasteiger partial charge in [-0.3, -0.25) is 0 Å². The van der Waals surface area contributed by atoms with Crippen molar-refractivity contribution in [1.82, 2.24) is 0 Å². The van der Waals surface area contributed by atoms with Crippen LogP contribution < -0.4 is 0 Å². The SMILES string of the molecule is C=C(/C=C/P)CCO[Si](C)(C)C(C)(C)C. The molecule has 0 aromatic heterocycles. The van der Waals surface area contributed by atoms with Gasteiger partial charge in [-0.15, -0.1) is 9.24 Å². The van der Waals surface area contributed by atoms with Crippen LogP contribution in [0.25, 0.3) is 0 Å². The molecule has 0 spiro atoms. The van der Waals surface area contributed by atoms with Crippen molar-refractivity contribution in [3.63, 3.8) is 0 Å². The molecule has 1 nitrogen and oxygen atoms in total. The van der Waals surface area contributed by atoms with Crippen LogP contribution in [0.2, 0.25) is 18.1 Å². The second-order valence-corrected chi connectivity index (χ2v) is 10.6. The number of hydrogen-bond donors (Lipinski definition) is 0. The first-order valence-electron chi connectivity index (χ1n) is 5.41. The summed E-state index contributed by atoms with van der Waals surface area (Å²) in [4.78, 5) is 0. The zero-order valence-corrected chi connectivity index (χ0v) is 12.9. The third-order valence-electron chi connectivity index (χ3n) is 3.02. The van der Waals surface area contributed by atoms with Crippen molar-refractivity contribution in [2.24, 2.45) is 0 Å². The fourth-order valence-corrected chi connectivity index (χ4v) is 2.19. The molecule has 0 aromatic rings. The summed E-state index contributed by atoms with van der Waals surface area (Å²) in [6, 6.07) is 0. The molecule has 0 radical (unpaired) electrons. The lowest BCUT2D eigenvalue weighted by Gasteiger charge is -2.36. The average Bonchev–Trinajstić information content (AvgIpc) is 2.01. The van der Waals surface area contributed by atoms with E-state index in [-0.39, 0.29) is 0 Å². The molecule has 0 amide bonds. The Morgan fingerprint density at radius 3 is 2.33 bits per heavy atom. The molecule has 15 heavy (non-hydrogen) atoms. The van der Waals surface area contributed by atoms with Gasteiger partial charge in [-0.1, -0.05) is 44.8 Å². The molecule has 88 valence electrons. The van der Waals surface area contributed by atoms with Crippen molar-refractivity contribution >= 4 is 17.6 Å².